The van der Waals surface area contributed by atoms with Crippen LogP contribution in [0, 0.1) is 0 Å². The van der Waals surface area contributed by atoms with Crippen LogP contribution in [0.15, 0.2) is 303 Å². The monoisotopic (exact) mass is 1390 g/mol. The van der Waals surface area contributed by atoms with Crippen LogP contribution in [0.1, 0.15) is 137 Å². The molecule has 15 aromatic rings. The molecule has 0 saturated heterocycles. The maximum absolute atomic E-state index is 9.76. The van der Waals surface area contributed by atoms with Crippen LogP contribution in [-0.2, 0) is 27.1 Å². The summed E-state index contributed by atoms with van der Waals surface area (Å²) >= 11 is 0. The van der Waals surface area contributed by atoms with Crippen molar-refractivity contribution in [2.45, 2.75) is 124 Å². The van der Waals surface area contributed by atoms with E-state index in [1.807, 2.05) is 6.07 Å². The number of nitrogens with zero attached hydrogens (tertiary/aromatic N) is 3. The summed E-state index contributed by atoms with van der Waals surface area (Å²) in [4.78, 5) is 5.21. The molecule has 0 saturated carbocycles. The van der Waals surface area contributed by atoms with Crippen molar-refractivity contribution < 1.29 is 6.85 Å². The molecule has 0 bridgehead atoms. The van der Waals surface area contributed by atoms with Crippen LogP contribution < -0.4 is 26.2 Å². The predicted octanol–water partition coefficient (Wildman–Crippen LogP) is 26.4. The van der Waals surface area contributed by atoms with Gasteiger partial charge in [-0.25, -0.2) is 0 Å². The third kappa shape index (κ3) is 11.1. The second-order valence-corrected chi connectivity index (χ2v) is 34.6. The van der Waals surface area contributed by atoms with E-state index in [4.69, 9.17) is 1.37 Å². The van der Waals surface area contributed by atoms with Gasteiger partial charge in [-0.05, 0) is 206 Å². The minimum atomic E-state index is -0.540. The normalized spacial score (nSPS) is 14.4. The summed E-state index contributed by atoms with van der Waals surface area (Å²) in [6.45, 7) is 31.9. The zero-order valence-electron chi connectivity index (χ0n) is 68.9. The molecule has 0 atom stereocenters. The fourth-order valence-electron chi connectivity index (χ4n) is 17.5. The molecule has 3 aliphatic rings. The summed E-state index contributed by atoms with van der Waals surface area (Å²) in [5.41, 5.74) is 32.2. The van der Waals surface area contributed by atoms with Crippen molar-refractivity contribution in [1.29, 1.82) is 0 Å². The van der Waals surface area contributed by atoms with Gasteiger partial charge in [0.25, 0.3) is 6.71 Å². The van der Waals surface area contributed by atoms with E-state index in [0.29, 0.717) is 5.56 Å². The van der Waals surface area contributed by atoms with Crippen molar-refractivity contribution in [2.24, 2.45) is 0 Å². The van der Waals surface area contributed by atoms with Crippen LogP contribution in [-0.4, -0.2) is 11.3 Å². The van der Waals surface area contributed by atoms with E-state index < -0.39 is 12.8 Å². The Morgan fingerprint density at radius 1 is 0.308 bits per heavy atom. The van der Waals surface area contributed by atoms with Crippen LogP contribution in [0.4, 0.5) is 34.1 Å². The van der Waals surface area contributed by atoms with E-state index >= 15 is 0 Å². The first-order valence-electron chi connectivity index (χ1n) is 40.5. The molecule has 1 aliphatic carbocycles. The van der Waals surface area contributed by atoms with Crippen LogP contribution >= 0.6 is 0 Å². The van der Waals surface area contributed by atoms with E-state index in [2.05, 4.69) is 378 Å². The largest absolute Gasteiger partial charge is 0.310 e. The molecule has 0 fully saturated rings. The number of hydrogen-bond donors (Lipinski definition) is 0. The highest BCUT2D eigenvalue weighted by Crippen LogP contribution is 2.58. The van der Waals surface area contributed by atoms with Crippen molar-refractivity contribution >= 4 is 79.0 Å². The molecule has 3 heterocycles. The van der Waals surface area contributed by atoms with Gasteiger partial charge in [0.2, 0.25) is 0 Å². The lowest BCUT2D eigenvalue weighted by Crippen LogP contribution is -2.61. The first-order chi connectivity index (χ1) is 53.4. The molecule has 522 valence electrons. The lowest BCUT2D eigenvalue weighted by Gasteiger charge is -2.46. The van der Waals surface area contributed by atoms with Crippen LogP contribution in [0.5, 0.6) is 0 Å². The zero-order valence-corrected chi connectivity index (χ0v) is 63.9. The number of aromatic nitrogens is 1. The van der Waals surface area contributed by atoms with Gasteiger partial charge in [-0.15, -0.1) is 0 Å². The van der Waals surface area contributed by atoms with Gasteiger partial charge in [-0.3, -0.25) is 0 Å². The summed E-state index contributed by atoms with van der Waals surface area (Å²) in [5, 5.41) is 2.39. The van der Waals surface area contributed by atoms with Crippen molar-refractivity contribution in [3.05, 3.63) is 337 Å². The Hall–Kier alpha value is -11.5. The molecule has 3 nitrogen and oxygen atoms in total. The molecule has 0 radical (unpaired) electrons. The third-order valence-corrected chi connectivity index (χ3v) is 23.3. The van der Waals surface area contributed by atoms with Gasteiger partial charge in [-0.1, -0.05) is 321 Å². The number of benzene rings is 14. The van der Waals surface area contributed by atoms with Crippen LogP contribution in [0.25, 0.3) is 105 Å². The number of fused-ring (bicyclic) bond motifs is 10. The van der Waals surface area contributed by atoms with E-state index in [9.17, 15) is 5.48 Å². The maximum Gasteiger partial charge on any atom is 0.252 e. The minimum Gasteiger partial charge on any atom is -0.310 e. The molecule has 2 aliphatic heterocycles. The Bertz CT molecular complexity index is 6170. The molecule has 0 N–H and O–H groups in total. The molecule has 107 heavy (non-hydrogen) atoms. The summed E-state index contributed by atoms with van der Waals surface area (Å²) in [5.74, 6) is 0. The molecular formula is C103H92BN3. The average Bonchev–Trinajstić information content (AvgIpc) is 0.892. The Labute approximate surface area is 640 Å². The van der Waals surface area contributed by atoms with Gasteiger partial charge in [0, 0.05) is 66.9 Å². The molecule has 1 aromatic heterocycles. The van der Waals surface area contributed by atoms with Gasteiger partial charge >= 0.3 is 0 Å². The molecular weight excluding hydrogens is 1290 g/mol. The Morgan fingerprint density at radius 2 is 0.748 bits per heavy atom. The van der Waals surface area contributed by atoms with Crippen molar-refractivity contribution in [1.82, 2.24) is 4.57 Å². The first kappa shape index (κ1) is 61.8. The zero-order chi connectivity index (χ0) is 78.1. The second-order valence-electron chi connectivity index (χ2n) is 34.6. The molecule has 0 amide bonds. The summed E-state index contributed by atoms with van der Waals surface area (Å²) < 4.78 is 49.4. The van der Waals surface area contributed by atoms with Gasteiger partial charge in [0.15, 0.2) is 0 Å². The molecule has 14 aromatic carbocycles. The Balaban J connectivity index is 1.07. The van der Waals surface area contributed by atoms with E-state index in [-0.39, 0.29) is 56.8 Å². The van der Waals surface area contributed by atoms with Crippen molar-refractivity contribution in [2.75, 3.05) is 9.80 Å². The lowest BCUT2D eigenvalue weighted by atomic mass is 9.33. The fraction of sp³-hybridized carbons (Fsp3) is 0.184. The molecule has 0 unspecified atom stereocenters. The first-order valence-corrected chi connectivity index (χ1v) is 38.0. The number of anilines is 6. The van der Waals surface area contributed by atoms with Gasteiger partial charge in [-0.2, -0.15) is 0 Å². The van der Waals surface area contributed by atoms with E-state index in [1.165, 1.54) is 55.3 Å². The molecule has 4 heteroatoms. The minimum absolute atomic E-state index is 0.118. The summed E-state index contributed by atoms with van der Waals surface area (Å²) in [6, 6.07) is 100. The Morgan fingerprint density at radius 3 is 1.22 bits per heavy atom. The highest BCUT2D eigenvalue weighted by Gasteiger charge is 2.47. The van der Waals surface area contributed by atoms with Gasteiger partial charge in [0.1, 0.15) is 0 Å². The second kappa shape index (κ2) is 24.8. The number of rotatable bonds is 9. The maximum atomic E-state index is 9.76. The van der Waals surface area contributed by atoms with Crippen LogP contribution in [0.3, 0.4) is 0 Å². The molecule has 0 spiro atoms. The molecule has 18 rings (SSSR count). The van der Waals surface area contributed by atoms with Gasteiger partial charge in [0.05, 0.1) is 29.3 Å². The quantitative estimate of drug-likeness (QED) is 0.133. The third-order valence-electron chi connectivity index (χ3n) is 23.3. The number of hydrogen-bond acceptors (Lipinski definition) is 2. The smallest absolute Gasteiger partial charge is 0.252 e. The predicted molar refractivity (Wildman–Crippen MR) is 460 cm³/mol. The van der Waals surface area contributed by atoms with E-state index in [1.54, 1.807) is 0 Å². The van der Waals surface area contributed by atoms with E-state index in [0.717, 1.165) is 123 Å². The highest BCUT2D eigenvalue weighted by atomic mass is 15.2. The standard InChI is InChI=1S/C103H92BN3/c1-99(2,3)72-48-53-89-83(58-72)84-59-73(100(4,5)6)49-54-90(84)105(89)76-50-51-87-92(64-76)107(98-81(68-39-26-18-27-40-68)62-75(102(10,11)12)63-82(98)69-41-28-19-29-42-69)94-57-71(77-44-32-46-86-95(77)78-43-30-31-45-85(78)103(86,13)14)56-93-96(94)104(87)88-55-70(65-33-20-15-21-34-65)47-52-91(88)106(93)97-79(66-35-22-16-23-36-66)60-74(101(7,8)9)61-80(97)67-37-24-17-25-38-67/h15-64H,1-14H3/i15D,20D,21D,33D,34D. The fourth-order valence-corrected chi connectivity index (χ4v) is 17.5. The van der Waals surface area contributed by atoms with Crippen LogP contribution in [0.2, 0.25) is 0 Å². The topological polar surface area (TPSA) is 11.4 Å². The van der Waals surface area contributed by atoms with Crippen molar-refractivity contribution in [3.8, 4) is 83.6 Å². The lowest BCUT2D eigenvalue weighted by molar-refractivity contribution is 0.590. The average molecular weight is 1390 g/mol. The van der Waals surface area contributed by atoms with Gasteiger partial charge < -0.3 is 14.4 Å². The highest BCUT2D eigenvalue weighted by molar-refractivity contribution is 7.00. The Kier molecular flexibility index (Phi) is 14.3. The summed E-state index contributed by atoms with van der Waals surface area (Å²) in [7, 11) is 0. The van der Waals surface area contributed by atoms with Crippen molar-refractivity contribution in [3.63, 3.8) is 0 Å². The summed E-state index contributed by atoms with van der Waals surface area (Å²) in [6.07, 6.45) is 0. The SMILES string of the molecule is [2H]c1c([2H])c([2H])c(-c2ccc3c(c2)B2c4ccc(-n5c6ccc(C(C)(C)C)cc6c6cc(C(C)(C)C)ccc65)cc4N(c4c(-c5ccccc5)cc(C(C)(C)C)cc4-c4ccccc4)c4cc(-c5cccc6c5-c5ccccc5C6(C)C)cc(c42)N3c2c(-c3ccccc3)cc(C(C)(C)C)cc2-c2ccccc2)c([2H])c1[2H].